The van der Waals surface area contributed by atoms with E-state index in [9.17, 15) is 0 Å². The summed E-state index contributed by atoms with van der Waals surface area (Å²) in [7, 11) is -1.24. The number of fused-ring (bicyclic) bond motifs is 1. The molecule has 1 nitrogen and oxygen atoms in total. The summed E-state index contributed by atoms with van der Waals surface area (Å²) in [6.07, 6.45) is 0. The number of pyridine rings is 1. The zero-order chi connectivity index (χ0) is 15.9. The number of hydrogen-bond acceptors (Lipinski definition) is 1. The molecule has 0 aliphatic carbocycles. The molecule has 0 aliphatic rings. The van der Waals surface area contributed by atoms with E-state index in [-0.39, 0.29) is 0 Å². The SMILES string of the molecule is Cc1ccc2nc(-c3ccc([Si](C)(C)C)cc3)c(C)cc2c1. The van der Waals surface area contributed by atoms with Crippen LogP contribution in [0.2, 0.25) is 19.6 Å². The number of benzene rings is 2. The summed E-state index contributed by atoms with van der Waals surface area (Å²) >= 11 is 0. The van der Waals surface area contributed by atoms with Crippen LogP contribution in [0, 0.1) is 13.8 Å². The van der Waals surface area contributed by atoms with Gasteiger partial charge in [0.25, 0.3) is 0 Å². The maximum absolute atomic E-state index is 4.89. The summed E-state index contributed by atoms with van der Waals surface area (Å²) in [6.45, 7) is 11.4. The maximum atomic E-state index is 4.89. The lowest BCUT2D eigenvalue weighted by molar-refractivity contribution is 1.32. The van der Waals surface area contributed by atoms with Gasteiger partial charge in [-0.1, -0.05) is 60.7 Å². The predicted molar refractivity (Wildman–Crippen MR) is 99.6 cm³/mol. The molecule has 0 radical (unpaired) electrons. The van der Waals surface area contributed by atoms with Crippen molar-refractivity contribution in [2.75, 3.05) is 0 Å². The Hall–Kier alpha value is -1.93. The molecule has 1 heterocycles. The topological polar surface area (TPSA) is 12.9 Å². The summed E-state index contributed by atoms with van der Waals surface area (Å²) in [4.78, 5) is 4.89. The lowest BCUT2D eigenvalue weighted by Gasteiger charge is -2.17. The highest BCUT2D eigenvalue weighted by atomic mass is 28.3. The van der Waals surface area contributed by atoms with Gasteiger partial charge in [-0.05, 0) is 37.6 Å². The van der Waals surface area contributed by atoms with Gasteiger partial charge in [0.1, 0.15) is 0 Å². The smallest absolute Gasteiger partial charge is 0.0775 e. The van der Waals surface area contributed by atoms with Crippen LogP contribution in [0.4, 0.5) is 0 Å². The number of hydrogen-bond donors (Lipinski definition) is 0. The predicted octanol–water partition coefficient (Wildman–Crippen LogP) is 5.06. The van der Waals surface area contributed by atoms with Gasteiger partial charge >= 0.3 is 0 Å². The Kier molecular flexibility index (Phi) is 3.65. The molecule has 0 bridgehead atoms. The van der Waals surface area contributed by atoms with Gasteiger partial charge in [-0.15, -0.1) is 0 Å². The van der Waals surface area contributed by atoms with E-state index in [2.05, 4.69) is 82.0 Å². The number of nitrogens with zero attached hydrogens (tertiary/aromatic N) is 1. The summed E-state index contributed by atoms with van der Waals surface area (Å²) in [5.74, 6) is 0. The van der Waals surface area contributed by atoms with Crippen LogP contribution in [-0.2, 0) is 0 Å². The molecule has 112 valence electrons. The molecule has 0 unspecified atom stereocenters. The van der Waals surface area contributed by atoms with E-state index >= 15 is 0 Å². The van der Waals surface area contributed by atoms with Gasteiger partial charge in [0.05, 0.1) is 19.3 Å². The first kappa shape index (κ1) is 15.0. The summed E-state index contributed by atoms with van der Waals surface area (Å²) in [5, 5.41) is 2.71. The second-order valence-corrected chi connectivity index (χ2v) is 12.3. The minimum Gasteiger partial charge on any atom is -0.248 e. The van der Waals surface area contributed by atoms with Crippen LogP contribution in [-0.4, -0.2) is 13.1 Å². The average molecular weight is 305 g/mol. The minimum atomic E-state index is -1.24. The average Bonchev–Trinajstić information content (AvgIpc) is 2.45. The lowest BCUT2D eigenvalue weighted by Crippen LogP contribution is -2.37. The molecule has 0 spiro atoms. The summed E-state index contributed by atoms with van der Waals surface area (Å²) < 4.78 is 0. The van der Waals surface area contributed by atoms with Crippen molar-refractivity contribution in [3.8, 4) is 11.3 Å². The quantitative estimate of drug-likeness (QED) is 0.603. The van der Waals surface area contributed by atoms with Gasteiger partial charge in [0.2, 0.25) is 0 Å². The molecule has 22 heavy (non-hydrogen) atoms. The third-order valence-electron chi connectivity index (χ3n) is 4.19. The molecule has 2 heteroatoms. The first-order valence-electron chi connectivity index (χ1n) is 7.83. The number of aryl methyl sites for hydroxylation is 2. The zero-order valence-electron chi connectivity index (χ0n) is 14.1. The van der Waals surface area contributed by atoms with Crippen molar-refractivity contribution < 1.29 is 0 Å². The van der Waals surface area contributed by atoms with Crippen LogP contribution in [0.5, 0.6) is 0 Å². The molecule has 0 fully saturated rings. The van der Waals surface area contributed by atoms with E-state index in [0.717, 1.165) is 11.2 Å². The molecule has 3 aromatic rings. The molecular formula is C20H23NSi. The van der Waals surface area contributed by atoms with Crippen molar-refractivity contribution >= 4 is 24.2 Å². The summed E-state index contributed by atoms with van der Waals surface area (Å²) in [5.41, 5.74) is 5.89. The second kappa shape index (κ2) is 5.36. The van der Waals surface area contributed by atoms with Gasteiger partial charge in [-0.2, -0.15) is 0 Å². The van der Waals surface area contributed by atoms with Crippen molar-refractivity contribution in [2.24, 2.45) is 0 Å². The van der Waals surface area contributed by atoms with Crippen LogP contribution in [0.1, 0.15) is 11.1 Å². The van der Waals surface area contributed by atoms with Crippen LogP contribution in [0.3, 0.4) is 0 Å². The molecule has 0 aliphatic heterocycles. The van der Waals surface area contributed by atoms with Gasteiger partial charge in [0.15, 0.2) is 0 Å². The minimum absolute atomic E-state index is 1.07. The van der Waals surface area contributed by atoms with E-state index in [1.165, 1.54) is 27.3 Å². The van der Waals surface area contributed by atoms with E-state index < -0.39 is 8.07 Å². The highest BCUT2D eigenvalue weighted by Gasteiger charge is 2.16. The molecule has 0 saturated carbocycles. The molecule has 0 N–H and O–H groups in total. The molecule has 0 atom stereocenters. The Balaban J connectivity index is 2.09. The standard InChI is InChI=1S/C20H23NSi/c1-14-6-11-19-17(12-14)13-15(2)20(21-19)16-7-9-18(10-8-16)22(3,4)5/h6-13H,1-5H3. The second-order valence-electron chi connectivity index (χ2n) is 7.18. The molecule has 2 aromatic carbocycles. The fourth-order valence-corrected chi connectivity index (χ4v) is 3.99. The van der Waals surface area contributed by atoms with E-state index in [1.54, 1.807) is 0 Å². The molecule has 3 rings (SSSR count). The monoisotopic (exact) mass is 305 g/mol. The van der Waals surface area contributed by atoms with Crippen LogP contribution in [0.15, 0.2) is 48.5 Å². The third-order valence-corrected chi connectivity index (χ3v) is 6.25. The maximum Gasteiger partial charge on any atom is 0.0775 e. The Bertz CT molecular complexity index is 827. The van der Waals surface area contributed by atoms with Gasteiger partial charge in [-0.3, -0.25) is 0 Å². The van der Waals surface area contributed by atoms with Crippen molar-refractivity contribution in [1.29, 1.82) is 0 Å². The first-order valence-corrected chi connectivity index (χ1v) is 11.3. The highest BCUT2D eigenvalue weighted by molar-refractivity contribution is 6.88. The van der Waals surface area contributed by atoms with Gasteiger partial charge in [0, 0.05) is 10.9 Å². The lowest BCUT2D eigenvalue weighted by atomic mass is 10.0. The zero-order valence-corrected chi connectivity index (χ0v) is 15.1. The van der Waals surface area contributed by atoms with E-state index in [4.69, 9.17) is 4.98 Å². The Labute approximate surface area is 134 Å². The number of rotatable bonds is 2. The van der Waals surface area contributed by atoms with Crippen molar-refractivity contribution in [3.05, 3.63) is 59.7 Å². The van der Waals surface area contributed by atoms with Crippen molar-refractivity contribution in [2.45, 2.75) is 33.5 Å². The molecule has 0 amide bonds. The van der Waals surface area contributed by atoms with Crippen LogP contribution < -0.4 is 5.19 Å². The van der Waals surface area contributed by atoms with Crippen molar-refractivity contribution in [3.63, 3.8) is 0 Å². The Morgan fingerprint density at radius 2 is 1.50 bits per heavy atom. The fourth-order valence-electron chi connectivity index (χ4n) is 2.82. The molecule has 1 aromatic heterocycles. The number of aromatic nitrogens is 1. The van der Waals surface area contributed by atoms with E-state index in [1.807, 2.05) is 0 Å². The summed E-state index contributed by atoms with van der Waals surface area (Å²) in [6, 6.07) is 17.7. The van der Waals surface area contributed by atoms with Gasteiger partial charge in [-0.25, -0.2) is 4.98 Å². The Morgan fingerprint density at radius 3 is 2.14 bits per heavy atom. The molecular weight excluding hydrogens is 282 g/mol. The highest BCUT2D eigenvalue weighted by Crippen LogP contribution is 2.25. The van der Waals surface area contributed by atoms with Crippen molar-refractivity contribution in [1.82, 2.24) is 4.98 Å². The van der Waals surface area contributed by atoms with E-state index in [0.29, 0.717) is 0 Å². The van der Waals surface area contributed by atoms with Crippen LogP contribution >= 0.6 is 0 Å². The fraction of sp³-hybridized carbons (Fsp3) is 0.250. The molecule has 0 saturated heterocycles. The third kappa shape index (κ3) is 2.84. The normalized spacial score (nSPS) is 11.9. The van der Waals surface area contributed by atoms with Gasteiger partial charge < -0.3 is 0 Å². The largest absolute Gasteiger partial charge is 0.248 e. The Morgan fingerprint density at radius 1 is 0.818 bits per heavy atom. The van der Waals surface area contributed by atoms with Crippen LogP contribution in [0.25, 0.3) is 22.2 Å². The first-order chi connectivity index (χ1) is 10.3.